The predicted molar refractivity (Wildman–Crippen MR) is 81.2 cm³/mol. The first-order chi connectivity index (χ1) is 10.3. The summed E-state index contributed by atoms with van der Waals surface area (Å²) < 4.78 is 5.79. The molecule has 2 aromatic heterocycles. The Morgan fingerprint density at radius 3 is 3.00 bits per heavy atom. The molecule has 0 bridgehead atoms. The molecule has 0 saturated heterocycles. The molecule has 21 heavy (non-hydrogen) atoms. The van der Waals surface area contributed by atoms with E-state index in [1.54, 1.807) is 0 Å². The zero-order valence-corrected chi connectivity index (χ0v) is 11.9. The van der Waals surface area contributed by atoms with Crippen molar-refractivity contribution in [3.05, 3.63) is 65.2 Å². The van der Waals surface area contributed by atoms with E-state index in [1.165, 1.54) is 5.56 Å². The van der Waals surface area contributed by atoms with Gasteiger partial charge in [-0.3, -0.25) is 4.98 Å². The Balaban J connectivity index is 1.81. The van der Waals surface area contributed by atoms with Crippen LogP contribution in [0, 0.1) is 6.92 Å². The maximum atomic E-state index is 10.9. The highest BCUT2D eigenvalue weighted by Gasteiger charge is 2.33. The molecule has 1 aromatic carbocycles. The molecule has 1 aliphatic rings. The number of furan rings is 1. The molecule has 3 heteroatoms. The fourth-order valence-corrected chi connectivity index (χ4v) is 3.51. The number of hydrogen-bond acceptors (Lipinski definition) is 3. The summed E-state index contributed by atoms with van der Waals surface area (Å²) in [5.41, 5.74) is 4.04. The molecule has 4 rings (SSSR count). The van der Waals surface area contributed by atoms with Crippen molar-refractivity contribution >= 4 is 11.0 Å². The van der Waals surface area contributed by atoms with E-state index in [-0.39, 0.29) is 5.92 Å². The third-order valence-electron chi connectivity index (χ3n) is 4.50. The number of rotatable bonds is 2. The third-order valence-corrected chi connectivity index (χ3v) is 4.50. The molecule has 0 radical (unpaired) electrons. The van der Waals surface area contributed by atoms with Crippen molar-refractivity contribution in [3.63, 3.8) is 0 Å². The minimum absolute atomic E-state index is 0.0564. The van der Waals surface area contributed by atoms with Crippen LogP contribution in [0.3, 0.4) is 0 Å². The van der Waals surface area contributed by atoms with Crippen LogP contribution in [0.25, 0.3) is 11.0 Å². The lowest BCUT2D eigenvalue weighted by atomic mass is 9.91. The molecule has 0 amide bonds. The van der Waals surface area contributed by atoms with Crippen LogP contribution in [0.1, 0.15) is 41.0 Å². The minimum atomic E-state index is -0.565. The van der Waals surface area contributed by atoms with E-state index in [9.17, 15) is 5.11 Å². The van der Waals surface area contributed by atoms with Crippen molar-refractivity contribution < 1.29 is 9.52 Å². The number of aliphatic hydroxyl groups is 1. The average Bonchev–Trinajstić information content (AvgIpc) is 3.06. The van der Waals surface area contributed by atoms with Crippen molar-refractivity contribution in [3.8, 4) is 0 Å². The van der Waals surface area contributed by atoms with Crippen LogP contribution in [0.5, 0.6) is 0 Å². The zero-order chi connectivity index (χ0) is 14.4. The van der Waals surface area contributed by atoms with Crippen molar-refractivity contribution in [1.29, 1.82) is 0 Å². The summed E-state index contributed by atoms with van der Waals surface area (Å²) in [4.78, 5) is 4.49. The first kappa shape index (κ1) is 12.6. The summed E-state index contributed by atoms with van der Waals surface area (Å²) in [5.74, 6) is 0.856. The second kappa shape index (κ2) is 4.71. The van der Waals surface area contributed by atoms with Gasteiger partial charge in [0.1, 0.15) is 11.3 Å². The number of benzene rings is 1. The van der Waals surface area contributed by atoms with Crippen LogP contribution in [-0.2, 0) is 6.42 Å². The van der Waals surface area contributed by atoms with Crippen molar-refractivity contribution in [2.75, 3.05) is 0 Å². The van der Waals surface area contributed by atoms with Gasteiger partial charge in [-0.2, -0.15) is 0 Å². The molecule has 2 heterocycles. The monoisotopic (exact) mass is 279 g/mol. The smallest absolute Gasteiger partial charge is 0.134 e. The molecule has 2 unspecified atom stereocenters. The molecular weight excluding hydrogens is 262 g/mol. The Morgan fingerprint density at radius 1 is 1.24 bits per heavy atom. The Bertz CT molecular complexity index is 806. The second-order valence-corrected chi connectivity index (χ2v) is 5.71. The third kappa shape index (κ3) is 1.88. The van der Waals surface area contributed by atoms with Gasteiger partial charge in [0, 0.05) is 28.8 Å². The van der Waals surface area contributed by atoms with Crippen molar-refractivity contribution in [2.45, 2.75) is 31.8 Å². The highest BCUT2D eigenvalue weighted by atomic mass is 16.3. The normalized spacial score (nSPS) is 18.9. The lowest BCUT2D eigenvalue weighted by Crippen LogP contribution is -2.10. The highest BCUT2D eigenvalue weighted by molar-refractivity contribution is 5.82. The van der Waals surface area contributed by atoms with Gasteiger partial charge in [-0.05, 0) is 37.5 Å². The first-order valence-electron chi connectivity index (χ1n) is 7.35. The van der Waals surface area contributed by atoms with Gasteiger partial charge in [0.15, 0.2) is 0 Å². The second-order valence-electron chi connectivity index (χ2n) is 5.71. The van der Waals surface area contributed by atoms with E-state index >= 15 is 0 Å². The molecule has 0 saturated carbocycles. The van der Waals surface area contributed by atoms with Gasteiger partial charge in [-0.15, -0.1) is 0 Å². The van der Waals surface area contributed by atoms with Gasteiger partial charge in [0.2, 0.25) is 0 Å². The first-order valence-corrected chi connectivity index (χ1v) is 7.35. The maximum Gasteiger partial charge on any atom is 0.134 e. The predicted octanol–water partition coefficient (Wildman–Crippen LogP) is 3.90. The summed E-state index contributed by atoms with van der Waals surface area (Å²) in [6, 6.07) is 12.0. The van der Waals surface area contributed by atoms with Crippen LogP contribution in [0.2, 0.25) is 0 Å². The van der Waals surface area contributed by atoms with Gasteiger partial charge in [-0.25, -0.2) is 0 Å². The lowest BCUT2D eigenvalue weighted by molar-refractivity contribution is 0.143. The minimum Gasteiger partial charge on any atom is -0.461 e. The zero-order valence-electron chi connectivity index (χ0n) is 11.9. The summed E-state index contributed by atoms with van der Waals surface area (Å²) in [6.07, 6.45) is 3.17. The lowest BCUT2D eigenvalue weighted by Gasteiger charge is -2.18. The van der Waals surface area contributed by atoms with Gasteiger partial charge in [-0.1, -0.05) is 24.3 Å². The summed E-state index contributed by atoms with van der Waals surface area (Å²) >= 11 is 0. The standard InChI is InChI=1S/C18H17NO2/c1-11-16(13-6-2-3-7-15(13)21-11)18(20)14-9-8-12-5-4-10-19-17(12)14/h2-7,10,14,18,20H,8-9H2,1H3. The van der Waals surface area contributed by atoms with Crippen molar-refractivity contribution in [2.24, 2.45) is 0 Å². The largest absolute Gasteiger partial charge is 0.461 e. The number of aromatic nitrogens is 1. The summed E-state index contributed by atoms with van der Waals surface area (Å²) in [6.45, 7) is 1.92. The van der Waals surface area contributed by atoms with Crippen LogP contribution >= 0.6 is 0 Å². The number of aryl methyl sites for hydroxylation is 2. The number of aliphatic hydroxyl groups excluding tert-OH is 1. The van der Waals surface area contributed by atoms with Crippen molar-refractivity contribution in [1.82, 2.24) is 4.98 Å². The average molecular weight is 279 g/mol. The van der Waals surface area contributed by atoms with Gasteiger partial charge < -0.3 is 9.52 Å². The van der Waals surface area contributed by atoms with E-state index in [4.69, 9.17) is 4.42 Å². The fraction of sp³-hybridized carbons (Fsp3) is 0.278. The fourth-order valence-electron chi connectivity index (χ4n) is 3.51. The molecule has 1 aliphatic carbocycles. The molecule has 0 spiro atoms. The van der Waals surface area contributed by atoms with E-state index in [0.717, 1.165) is 40.8 Å². The van der Waals surface area contributed by atoms with E-state index in [1.807, 2.05) is 43.5 Å². The van der Waals surface area contributed by atoms with E-state index in [0.29, 0.717) is 0 Å². The number of fused-ring (bicyclic) bond motifs is 2. The van der Waals surface area contributed by atoms with Crippen LogP contribution in [-0.4, -0.2) is 10.1 Å². The summed E-state index contributed by atoms with van der Waals surface area (Å²) in [7, 11) is 0. The Hall–Kier alpha value is -2.13. The van der Waals surface area contributed by atoms with Gasteiger partial charge in [0.25, 0.3) is 0 Å². The van der Waals surface area contributed by atoms with Crippen LogP contribution in [0.15, 0.2) is 47.0 Å². The van der Waals surface area contributed by atoms with Gasteiger partial charge in [0.05, 0.1) is 6.10 Å². The molecule has 106 valence electrons. The number of hydrogen-bond donors (Lipinski definition) is 1. The SMILES string of the molecule is Cc1oc2ccccc2c1C(O)C1CCc2cccnc21. The number of nitrogens with zero attached hydrogens (tertiary/aromatic N) is 1. The van der Waals surface area contributed by atoms with E-state index < -0.39 is 6.10 Å². The molecule has 2 atom stereocenters. The molecule has 0 fully saturated rings. The molecule has 3 aromatic rings. The molecule has 3 nitrogen and oxygen atoms in total. The molecule has 1 N–H and O–H groups in total. The maximum absolute atomic E-state index is 10.9. The Kier molecular flexibility index (Phi) is 2.82. The quantitative estimate of drug-likeness (QED) is 0.774. The molecular formula is C18H17NO2. The Morgan fingerprint density at radius 2 is 2.10 bits per heavy atom. The number of para-hydroxylation sites is 1. The molecule has 0 aliphatic heterocycles. The Labute approximate surface area is 123 Å². The van der Waals surface area contributed by atoms with Crippen LogP contribution < -0.4 is 0 Å². The highest BCUT2D eigenvalue weighted by Crippen LogP contribution is 2.43. The number of pyridine rings is 1. The topological polar surface area (TPSA) is 46.3 Å². The van der Waals surface area contributed by atoms with E-state index in [2.05, 4.69) is 11.1 Å². The van der Waals surface area contributed by atoms with Crippen LogP contribution in [0.4, 0.5) is 0 Å². The van der Waals surface area contributed by atoms with Gasteiger partial charge >= 0.3 is 0 Å². The summed E-state index contributed by atoms with van der Waals surface area (Å²) in [5, 5.41) is 11.9.